The molecule has 142 valence electrons. The van der Waals surface area contributed by atoms with Gasteiger partial charge in [0.1, 0.15) is 5.82 Å². The molecule has 0 spiro atoms. The molecule has 3 aromatic rings. The summed E-state index contributed by atoms with van der Waals surface area (Å²) in [6, 6.07) is 15.2. The van der Waals surface area contributed by atoms with E-state index >= 15 is 0 Å². The van der Waals surface area contributed by atoms with Gasteiger partial charge in [0.15, 0.2) is 5.82 Å². The Kier molecular flexibility index (Phi) is 5.83. The minimum absolute atomic E-state index is 0.168. The van der Waals surface area contributed by atoms with Crippen molar-refractivity contribution in [1.29, 1.82) is 0 Å². The number of primary amides is 1. The highest BCUT2D eigenvalue weighted by Crippen LogP contribution is 2.24. The fraction of sp³-hybridized carbons (Fsp3) is 0.0526. The molecule has 0 radical (unpaired) electrons. The highest BCUT2D eigenvalue weighted by atomic mass is 35.5. The van der Waals surface area contributed by atoms with Crippen molar-refractivity contribution in [2.45, 2.75) is 6.42 Å². The summed E-state index contributed by atoms with van der Waals surface area (Å²) in [6.45, 7) is 0. The monoisotopic (exact) mass is 397 g/mol. The second kappa shape index (κ2) is 8.47. The Morgan fingerprint density at radius 2 is 1.86 bits per heavy atom. The van der Waals surface area contributed by atoms with Crippen molar-refractivity contribution in [3.05, 3.63) is 70.9 Å². The Morgan fingerprint density at radius 3 is 2.57 bits per heavy atom. The second-order valence-electron chi connectivity index (χ2n) is 5.83. The molecule has 28 heavy (non-hydrogen) atoms. The van der Waals surface area contributed by atoms with Crippen molar-refractivity contribution in [2.24, 2.45) is 5.73 Å². The summed E-state index contributed by atoms with van der Waals surface area (Å²) in [4.78, 5) is 32.0. The van der Waals surface area contributed by atoms with Gasteiger partial charge in [-0.15, -0.1) is 0 Å². The lowest BCUT2D eigenvalue weighted by Gasteiger charge is -2.12. The van der Waals surface area contributed by atoms with Crippen LogP contribution in [0.4, 0.5) is 11.5 Å². The van der Waals surface area contributed by atoms with E-state index in [0.29, 0.717) is 39.2 Å². The van der Waals surface area contributed by atoms with Crippen molar-refractivity contribution in [1.82, 2.24) is 15.4 Å². The number of halogens is 1. The van der Waals surface area contributed by atoms with Crippen molar-refractivity contribution >= 4 is 34.9 Å². The van der Waals surface area contributed by atoms with E-state index < -0.39 is 11.8 Å². The van der Waals surface area contributed by atoms with Crippen LogP contribution >= 0.6 is 11.6 Å². The maximum Gasteiger partial charge on any atom is 0.250 e. The first-order valence-electron chi connectivity index (χ1n) is 8.19. The van der Waals surface area contributed by atoms with E-state index in [1.165, 1.54) is 0 Å². The number of benzene rings is 2. The molecule has 1 aromatic heterocycles. The van der Waals surface area contributed by atoms with E-state index in [4.69, 9.17) is 22.5 Å². The number of hydrogen-bond donors (Lipinski definition) is 4. The molecule has 5 N–H and O–H groups in total. The molecule has 0 saturated carbocycles. The third-order valence-corrected chi connectivity index (χ3v) is 4.02. The van der Waals surface area contributed by atoms with Crippen molar-refractivity contribution in [2.75, 3.05) is 5.32 Å². The zero-order valence-electron chi connectivity index (χ0n) is 14.5. The van der Waals surface area contributed by atoms with E-state index in [-0.39, 0.29) is 6.42 Å². The van der Waals surface area contributed by atoms with Crippen LogP contribution in [0.1, 0.15) is 16.1 Å². The number of anilines is 2. The molecule has 0 aliphatic rings. The Morgan fingerprint density at radius 1 is 1.07 bits per heavy atom. The van der Waals surface area contributed by atoms with Gasteiger partial charge < -0.3 is 11.1 Å². The molecule has 9 heteroatoms. The molecule has 0 saturated heterocycles. The van der Waals surface area contributed by atoms with Gasteiger partial charge >= 0.3 is 0 Å². The van der Waals surface area contributed by atoms with E-state index in [2.05, 4.69) is 15.3 Å². The lowest BCUT2D eigenvalue weighted by molar-refractivity contribution is -0.128. The summed E-state index contributed by atoms with van der Waals surface area (Å²) >= 11 is 6.05. The quantitative estimate of drug-likeness (QED) is 0.373. The van der Waals surface area contributed by atoms with Crippen LogP contribution in [-0.2, 0) is 11.2 Å². The SMILES string of the molecule is NC(=O)c1ccccc1Nc1cc(CC(=O)NO)nc(-c2cccc(Cl)c2)n1. The third kappa shape index (κ3) is 4.61. The van der Waals surface area contributed by atoms with Crippen LogP contribution < -0.4 is 16.5 Å². The average molecular weight is 398 g/mol. The van der Waals surface area contributed by atoms with Gasteiger partial charge in [-0.3, -0.25) is 14.8 Å². The van der Waals surface area contributed by atoms with Crippen molar-refractivity contribution in [3.8, 4) is 11.4 Å². The van der Waals surface area contributed by atoms with Gasteiger partial charge in [0.25, 0.3) is 5.91 Å². The van der Waals surface area contributed by atoms with Gasteiger partial charge in [0, 0.05) is 16.7 Å². The Bertz CT molecular complexity index is 1040. The minimum atomic E-state index is -0.626. The number of hydroxylamine groups is 1. The predicted octanol–water partition coefficient (Wildman–Crippen LogP) is 2.69. The van der Waals surface area contributed by atoms with Gasteiger partial charge in [-0.2, -0.15) is 0 Å². The largest absolute Gasteiger partial charge is 0.366 e. The summed E-state index contributed by atoms with van der Waals surface area (Å²) in [5.74, 6) is -0.546. The smallest absolute Gasteiger partial charge is 0.250 e. The Labute approximate surface area is 165 Å². The predicted molar refractivity (Wildman–Crippen MR) is 104 cm³/mol. The minimum Gasteiger partial charge on any atom is -0.366 e. The van der Waals surface area contributed by atoms with Crippen LogP contribution in [0.2, 0.25) is 5.02 Å². The van der Waals surface area contributed by atoms with Gasteiger partial charge in [0.2, 0.25) is 5.91 Å². The Balaban J connectivity index is 2.05. The number of rotatable bonds is 6. The van der Waals surface area contributed by atoms with Crippen LogP contribution in [0, 0.1) is 0 Å². The number of hydrogen-bond acceptors (Lipinski definition) is 6. The lowest BCUT2D eigenvalue weighted by Crippen LogP contribution is -2.21. The van der Waals surface area contributed by atoms with Crippen LogP contribution in [-0.4, -0.2) is 27.0 Å². The van der Waals surface area contributed by atoms with Gasteiger partial charge in [-0.1, -0.05) is 35.9 Å². The fourth-order valence-corrected chi connectivity index (χ4v) is 2.75. The van der Waals surface area contributed by atoms with E-state index in [1.807, 2.05) is 0 Å². The maximum atomic E-state index is 11.6. The summed E-state index contributed by atoms with van der Waals surface area (Å²) in [5.41, 5.74) is 8.74. The molecule has 0 bridgehead atoms. The molecule has 2 aromatic carbocycles. The summed E-state index contributed by atoms with van der Waals surface area (Å²) in [7, 11) is 0. The number of nitrogens with zero attached hydrogens (tertiary/aromatic N) is 2. The van der Waals surface area contributed by atoms with Crippen LogP contribution in [0.25, 0.3) is 11.4 Å². The topological polar surface area (TPSA) is 130 Å². The number of aromatic nitrogens is 2. The second-order valence-corrected chi connectivity index (χ2v) is 6.26. The zero-order chi connectivity index (χ0) is 20.1. The fourth-order valence-electron chi connectivity index (χ4n) is 2.56. The number of nitrogens with two attached hydrogens (primary N) is 1. The first kappa shape index (κ1) is 19.3. The summed E-state index contributed by atoms with van der Waals surface area (Å²) < 4.78 is 0. The van der Waals surface area contributed by atoms with Crippen LogP contribution in [0.15, 0.2) is 54.6 Å². The number of carbonyl (C=O) groups is 2. The van der Waals surface area contributed by atoms with Crippen LogP contribution in [0.5, 0.6) is 0 Å². The highest BCUT2D eigenvalue weighted by molar-refractivity contribution is 6.30. The highest BCUT2D eigenvalue weighted by Gasteiger charge is 2.13. The van der Waals surface area contributed by atoms with Crippen molar-refractivity contribution < 1.29 is 14.8 Å². The van der Waals surface area contributed by atoms with E-state index in [9.17, 15) is 9.59 Å². The van der Waals surface area contributed by atoms with Gasteiger partial charge in [0.05, 0.1) is 23.4 Å². The molecule has 0 fully saturated rings. The lowest BCUT2D eigenvalue weighted by atomic mass is 10.1. The molecule has 0 aliphatic carbocycles. The molecular formula is C19H16ClN5O3. The van der Waals surface area contributed by atoms with E-state index in [1.54, 1.807) is 60.1 Å². The molecule has 2 amide bonds. The molecule has 0 aliphatic heterocycles. The number of nitrogens with one attached hydrogen (secondary N) is 2. The van der Waals surface area contributed by atoms with Crippen molar-refractivity contribution in [3.63, 3.8) is 0 Å². The number of carbonyl (C=O) groups excluding carboxylic acids is 2. The normalized spacial score (nSPS) is 10.4. The average Bonchev–Trinajstić information content (AvgIpc) is 2.68. The number of para-hydroxylation sites is 1. The summed E-state index contributed by atoms with van der Waals surface area (Å²) in [6.07, 6.45) is -0.168. The van der Waals surface area contributed by atoms with Gasteiger partial charge in [-0.05, 0) is 24.3 Å². The molecule has 0 unspecified atom stereocenters. The van der Waals surface area contributed by atoms with Crippen LogP contribution in [0.3, 0.4) is 0 Å². The standard InChI is InChI=1S/C19H16ClN5O3/c20-12-5-3-4-11(8-12)19-22-13(10-17(26)25-28)9-16(24-19)23-15-7-2-1-6-14(15)18(21)27/h1-9,28H,10H2,(H2,21,27)(H,25,26)(H,22,23,24). The maximum absolute atomic E-state index is 11.6. The third-order valence-electron chi connectivity index (χ3n) is 3.78. The first-order valence-corrected chi connectivity index (χ1v) is 8.57. The molecule has 1 heterocycles. The first-order chi connectivity index (χ1) is 13.5. The number of amides is 2. The summed E-state index contributed by atoms with van der Waals surface area (Å²) in [5, 5.41) is 12.3. The Hall–Kier alpha value is -3.49. The zero-order valence-corrected chi connectivity index (χ0v) is 15.3. The molecule has 3 rings (SSSR count). The molecule has 0 atom stereocenters. The molecular weight excluding hydrogens is 382 g/mol. The van der Waals surface area contributed by atoms with E-state index in [0.717, 1.165) is 0 Å². The molecule has 8 nitrogen and oxygen atoms in total. The van der Waals surface area contributed by atoms with Gasteiger partial charge in [-0.25, -0.2) is 15.4 Å².